The third-order valence-corrected chi connectivity index (χ3v) is 2.16. The zero-order valence-corrected chi connectivity index (χ0v) is 6.80. The molecule has 0 atom stereocenters. The molecule has 1 fully saturated rings. The van der Waals surface area contributed by atoms with Crippen molar-refractivity contribution in [3.05, 3.63) is 23.0 Å². The highest BCUT2D eigenvalue weighted by Gasteiger charge is 2.26. The Labute approximate surface area is 70.4 Å². The van der Waals surface area contributed by atoms with E-state index < -0.39 is 0 Å². The minimum atomic E-state index is 0.600. The predicted molar refractivity (Wildman–Crippen MR) is 45.6 cm³/mol. The van der Waals surface area contributed by atoms with Gasteiger partial charge in [0.05, 0.1) is 22.6 Å². The van der Waals surface area contributed by atoms with E-state index in [2.05, 4.69) is 4.98 Å². The summed E-state index contributed by atoms with van der Waals surface area (Å²) in [6, 6.07) is 1.77. The molecule has 2 nitrogen and oxygen atoms in total. The third kappa shape index (κ3) is 1.31. The minimum absolute atomic E-state index is 0.600. The maximum Gasteiger partial charge on any atom is 0.0644 e. The van der Waals surface area contributed by atoms with Crippen LogP contribution in [0, 0.1) is 0 Å². The topological polar surface area (TPSA) is 38.9 Å². The molecule has 0 spiro atoms. The van der Waals surface area contributed by atoms with E-state index in [1.54, 1.807) is 12.3 Å². The van der Waals surface area contributed by atoms with Gasteiger partial charge in [0.2, 0.25) is 0 Å². The Balaban J connectivity index is 2.39. The quantitative estimate of drug-likeness (QED) is 0.698. The Hall–Kier alpha value is -0.760. The molecule has 1 heterocycles. The second-order valence-electron chi connectivity index (χ2n) is 2.91. The largest absolute Gasteiger partial charge is 0.397 e. The molecule has 0 radical (unpaired) electrons. The van der Waals surface area contributed by atoms with Crippen molar-refractivity contribution < 1.29 is 0 Å². The van der Waals surface area contributed by atoms with Gasteiger partial charge in [-0.2, -0.15) is 0 Å². The zero-order chi connectivity index (χ0) is 7.84. The summed E-state index contributed by atoms with van der Waals surface area (Å²) < 4.78 is 0. The van der Waals surface area contributed by atoms with Crippen LogP contribution in [-0.4, -0.2) is 4.98 Å². The molecular formula is C8H9ClN2. The molecule has 2 N–H and O–H groups in total. The molecule has 1 aromatic heterocycles. The standard InChI is InChI=1S/C8H9ClN2/c9-7-3-6(10)4-11-8(7)5-1-2-5/h3-5H,1-2,10H2. The highest BCUT2D eigenvalue weighted by atomic mass is 35.5. The van der Waals surface area contributed by atoms with Gasteiger partial charge in [0.15, 0.2) is 0 Å². The number of nitrogen functional groups attached to an aromatic ring is 1. The van der Waals surface area contributed by atoms with E-state index >= 15 is 0 Å². The summed E-state index contributed by atoms with van der Waals surface area (Å²) in [7, 11) is 0. The summed E-state index contributed by atoms with van der Waals surface area (Å²) in [5.74, 6) is 0.600. The summed E-state index contributed by atoms with van der Waals surface area (Å²) in [5.41, 5.74) is 7.15. The van der Waals surface area contributed by atoms with Crippen molar-refractivity contribution in [2.24, 2.45) is 0 Å². The second-order valence-corrected chi connectivity index (χ2v) is 3.32. The van der Waals surface area contributed by atoms with E-state index in [1.165, 1.54) is 12.8 Å². The number of aromatic nitrogens is 1. The lowest BCUT2D eigenvalue weighted by Crippen LogP contribution is -1.91. The van der Waals surface area contributed by atoms with Crippen LogP contribution in [0.2, 0.25) is 5.02 Å². The first-order valence-corrected chi connectivity index (χ1v) is 4.06. The first-order chi connectivity index (χ1) is 5.27. The number of pyridine rings is 1. The molecule has 1 aliphatic carbocycles. The van der Waals surface area contributed by atoms with Gasteiger partial charge in [0.25, 0.3) is 0 Å². The SMILES string of the molecule is Nc1cnc(C2CC2)c(Cl)c1. The maximum atomic E-state index is 5.92. The molecule has 0 aliphatic heterocycles. The van der Waals surface area contributed by atoms with Crippen LogP contribution in [0.1, 0.15) is 24.5 Å². The van der Waals surface area contributed by atoms with Gasteiger partial charge in [-0.1, -0.05) is 11.6 Å². The third-order valence-electron chi connectivity index (χ3n) is 1.85. The van der Waals surface area contributed by atoms with E-state index in [1.807, 2.05) is 0 Å². The first-order valence-electron chi connectivity index (χ1n) is 3.68. The van der Waals surface area contributed by atoms with Crippen molar-refractivity contribution in [3.8, 4) is 0 Å². The van der Waals surface area contributed by atoms with Crippen molar-refractivity contribution >= 4 is 17.3 Å². The van der Waals surface area contributed by atoms with Crippen LogP contribution < -0.4 is 5.73 Å². The van der Waals surface area contributed by atoms with Crippen LogP contribution in [0.5, 0.6) is 0 Å². The molecule has 2 rings (SSSR count). The molecule has 0 bridgehead atoms. The molecule has 0 unspecified atom stereocenters. The van der Waals surface area contributed by atoms with Crippen LogP contribution in [0.25, 0.3) is 0 Å². The van der Waals surface area contributed by atoms with E-state index in [0.29, 0.717) is 16.6 Å². The number of nitrogens with zero attached hydrogens (tertiary/aromatic N) is 1. The van der Waals surface area contributed by atoms with E-state index in [4.69, 9.17) is 17.3 Å². The average molecular weight is 169 g/mol. The Bertz CT molecular complexity index is 281. The van der Waals surface area contributed by atoms with Crippen LogP contribution in [0.15, 0.2) is 12.3 Å². The molecule has 1 aromatic rings. The summed E-state index contributed by atoms with van der Waals surface area (Å²) in [4.78, 5) is 4.18. The smallest absolute Gasteiger partial charge is 0.0644 e. The Kier molecular flexibility index (Phi) is 1.50. The predicted octanol–water partition coefficient (Wildman–Crippen LogP) is 2.19. The summed E-state index contributed by atoms with van der Waals surface area (Å²) in [6.07, 6.45) is 4.10. The molecule has 1 aliphatic rings. The van der Waals surface area contributed by atoms with Crippen molar-refractivity contribution in [2.75, 3.05) is 5.73 Å². The van der Waals surface area contributed by atoms with Gasteiger partial charge >= 0.3 is 0 Å². The summed E-state index contributed by atoms with van der Waals surface area (Å²) in [5, 5.41) is 0.715. The highest BCUT2D eigenvalue weighted by Crippen LogP contribution is 2.42. The number of rotatable bonds is 1. The van der Waals surface area contributed by atoms with Crippen LogP contribution in [0.3, 0.4) is 0 Å². The van der Waals surface area contributed by atoms with Gasteiger partial charge in [-0.15, -0.1) is 0 Å². The maximum absolute atomic E-state index is 5.92. The Morgan fingerprint density at radius 2 is 2.27 bits per heavy atom. The van der Waals surface area contributed by atoms with E-state index in [9.17, 15) is 0 Å². The van der Waals surface area contributed by atoms with E-state index in [-0.39, 0.29) is 0 Å². The number of hydrogen-bond donors (Lipinski definition) is 1. The first kappa shape index (κ1) is 6.92. The molecule has 3 heteroatoms. The average Bonchev–Trinajstić information content (AvgIpc) is 2.70. The highest BCUT2D eigenvalue weighted by molar-refractivity contribution is 6.31. The molecule has 1 saturated carbocycles. The minimum Gasteiger partial charge on any atom is -0.397 e. The van der Waals surface area contributed by atoms with Gasteiger partial charge in [-0.05, 0) is 18.9 Å². The van der Waals surface area contributed by atoms with Gasteiger partial charge in [-0.25, -0.2) is 0 Å². The fraction of sp³-hybridized carbons (Fsp3) is 0.375. The lowest BCUT2D eigenvalue weighted by Gasteiger charge is -2.00. The molecule has 0 amide bonds. The van der Waals surface area contributed by atoms with Crippen molar-refractivity contribution in [2.45, 2.75) is 18.8 Å². The second kappa shape index (κ2) is 2.38. The van der Waals surface area contributed by atoms with E-state index in [0.717, 1.165) is 5.69 Å². The fourth-order valence-electron chi connectivity index (χ4n) is 1.12. The fourth-order valence-corrected chi connectivity index (χ4v) is 1.45. The normalized spacial score (nSPS) is 16.8. The number of anilines is 1. The van der Waals surface area contributed by atoms with Gasteiger partial charge in [0, 0.05) is 5.92 Å². The van der Waals surface area contributed by atoms with Crippen LogP contribution in [-0.2, 0) is 0 Å². The lowest BCUT2D eigenvalue weighted by atomic mass is 10.2. The Morgan fingerprint density at radius 1 is 1.55 bits per heavy atom. The van der Waals surface area contributed by atoms with Crippen LogP contribution >= 0.6 is 11.6 Å². The van der Waals surface area contributed by atoms with Crippen molar-refractivity contribution in [1.29, 1.82) is 0 Å². The monoisotopic (exact) mass is 168 g/mol. The molecule has 11 heavy (non-hydrogen) atoms. The van der Waals surface area contributed by atoms with Crippen LogP contribution in [0.4, 0.5) is 5.69 Å². The Morgan fingerprint density at radius 3 is 2.82 bits per heavy atom. The zero-order valence-electron chi connectivity index (χ0n) is 6.05. The van der Waals surface area contributed by atoms with Crippen molar-refractivity contribution in [1.82, 2.24) is 4.98 Å². The van der Waals surface area contributed by atoms with Gasteiger partial charge in [0.1, 0.15) is 0 Å². The number of nitrogens with two attached hydrogens (primary N) is 1. The van der Waals surface area contributed by atoms with Crippen molar-refractivity contribution in [3.63, 3.8) is 0 Å². The van der Waals surface area contributed by atoms with Gasteiger partial charge in [-0.3, -0.25) is 4.98 Å². The van der Waals surface area contributed by atoms with Gasteiger partial charge < -0.3 is 5.73 Å². The molecular weight excluding hydrogens is 160 g/mol. The summed E-state index contributed by atoms with van der Waals surface area (Å²) >= 11 is 5.92. The lowest BCUT2D eigenvalue weighted by molar-refractivity contribution is 1.03. The number of halogens is 1. The number of hydrogen-bond acceptors (Lipinski definition) is 2. The molecule has 58 valence electrons. The molecule has 0 saturated heterocycles. The summed E-state index contributed by atoms with van der Waals surface area (Å²) in [6.45, 7) is 0. The molecule has 0 aromatic carbocycles.